The van der Waals surface area contributed by atoms with Crippen molar-refractivity contribution in [3.05, 3.63) is 0 Å². The van der Waals surface area contributed by atoms with Gasteiger partial charge in [-0.3, -0.25) is 9.69 Å². The molecule has 0 spiro atoms. The Kier molecular flexibility index (Phi) is 7.12. The average Bonchev–Trinajstić information content (AvgIpc) is 2.75. The summed E-state index contributed by atoms with van der Waals surface area (Å²) in [4.78, 5) is 14.3. The van der Waals surface area contributed by atoms with Gasteiger partial charge in [-0.25, -0.2) is 0 Å². The largest absolute Gasteiger partial charge is 0.387 e. The van der Waals surface area contributed by atoms with Crippen LogP contribution < -0.4 is 5.32 Å². The molecule has 2 aliphatic rings. The summed E-state index contributed by atoms with van der Waals surface area (Å²) in [6.07, 6.45) is 8.11. The molecular formula is C17H32N2O3. The van der Waals surface area contributed by atoms with E-state index in [2.05, 4.69) is 10.2 Å². The van der Waals surface area contributed by atoms with Crippen LogP contribution >= 0.6 is 0 Å². The molecule has 1 aliphatic carbocycles. The Hall–Kier alpha value is -0.650. The molecule has 1 heterocycles. The molecule has 1 unspecified atom stereocenters. The van der Waals surface area contributed by atoms with Crippen LogP contribution in [-0.2, 0) is 9.53 Å². The minimum absolute atomic E-state index is 0.0918. The van der Waals surface area contributed by atoms with Crippen molar-refractivity contribution >= 4 is 5.91 Å². The number of ether oxygens (including phenoxy) is 1. The first kappa shape index (κ1) is 17.7. The molecule has 1 amide bonds. The van der Waals surface area contributed by atoms with Gasteiger partial charge in [0.15, 0.2) is 0 Å². The van der Waals surface area contributed by atoms with Crippen molar-refractivity contribution in [2.75, 3.05) is 39.4 Å². The monoisotopic (exact) mass is 312 g/mol. The third kappa shape index (κ3) is 6.63. The molecule has 5 heteroatoms. The Morgan fingerprint density at radius 1 is 1.23 bits per heavy atom. The molecule has 1 aliphatic heterocycles. The van der Waals surface area contributed by atoms with Gasteiger partial charge in [-0.05, 0) is 25.7 Å². The van der Waals surface area contributed by atoms with Gasteiger partial charge in [0.2, 0.25) is 5.91 Å². The fourth-order valence-electron chi connectivity index (χ4n) is 3.49. The second kappa shape index (κ2) is 8.85. The van der Waals surface area contributed by atoms with E-state index in [-0.39, 0.29) is 5.91 Å². The first-order chi connectivity index (χ1) is 10.6. The molecule has 2 fully saturated rings. The SMILES string of the molecule is CC(O)(CNC(=O)CC1CCCCCC1)CN1CCOCC1. The number of rotatable bonds is 6. The Bertz CT molecular complexity index is 333. The minimum atomic E-state index is -0.879. The van der Waals surface area contributed by atoms with Crippen LogP contribution in [0.1, 0.15) is 51.9 Å². The smallest absolute Gasteiger partial charge is 0.220 e. The van der Waals surface area contributed by atoms with E-state index in [1.54, 1.807) is 6.92 Å². The lowest BCUT2D eigenvalue weighted by Gasteiger charge is -2.34. The molecule has 1 saturated carbocycles. The van der Waals surface area contributed by atoms with Gasteiger partial charge in [0, 0.05) is 32.6 Å². The molecule has 0 aromatic heterocycles. The van der Waals surface area contributed by atoms with E-state index in [0.29, 0.717) is 25.4 Å². The zero-order valence-corrected chi connectivity index (χ0v) is 14.0. The van der Waals surface area contributed by atoms with Crippen LogP contribution in [0.4, 0.5) is 0 Å². The summed E-state index contributed by atoms with van der Waals surface area (Å²) in [5.74, 6) is 0.626. The number of β-amino-alcohol motifs (C(OH)–C–C–N with tert-alkyl or cyclic N) is 1. The average molecular weight is 312 g/mol. The number of carbonyl (C=O) groups excluding carboxylic acids is 1. The Balaban J connectivity index is 1.67. The van der Waals surface area contributed by atoms with Gasteiger partial charge in [0.1, 0.15) is 0 Å². The van der Waals surface area contributed by atoms with E-state index >= 15 is 0 Å². The standard InChI is InChI=1S/C17H32N2O3/c1-17(21,14-19-8-10-22-11-9-19)13-18-16(20)12-15-6-4-2-3-5-7-15/h15,21H,2-14H2,1H3,(H,18,20). The summed E-state index contributed by atoms with van der Waals surface area (Å²) >= 11 is 0. The molecule has 22 heavy (non-hydrogen) atoms. The van der Waals surface area contributed by atoms with Crippen molar-refractivity contribution in [2.24, 2.45) is 5.92 Å². The molecule has 5 nitrogen and oxygen atoms in total. The van der Waals surface area contributed by atoms with E-state index in [1.165, 1.54) is 38.5 Å². The zero-order chi connectivity index (χ0) is 15.8. The number of aliphatic hydroxyl groups is 1. The summed E-state index contributed by atoms with van der Waals surface area (Å²) in [6, 6.07) is 0. The first-order valence-corrected chi connectivity index (χ1v) is 8.84. The third-order valence-corrected chi connectivity index (χ3v) is 4.78. The molecule has 1 saturated heterocycles. The molecule has 0 aromatic rings. The van der Waals surface area contributed by atoms with Crippen molar-refractivity contribution in [3.63, 3.8) is 0 Å². The predicted molar refractivity (Wildman–Crippen MR) is 86.7 cm³/mol. The van der Waals surface area contributed by atoms with Crippen molar-refractivity contribution in [2.45, 2.75) is 57.5 Å². The first-order valence-electron chi connectivity index (χ1n) is 8.84. The lowest BCUT2D eigenvalue weighted by Crippen LogP contribution is -2.51. The number of nitrogens with one attached hydrogen (secondary N) is 1. The quantitative estimate of drug-likeness (QED) is 0.731. The van der Waals surface area contributed by atoms with Gasteiger partial charge in [-0.2, -0.15) is 0 Å². The van der Waals surface area contributed by atoms with E-state index in [0.717, 1.165) is 26.3 Å². The van der Waals surface area contributed by atoms with Crippen LogP contribution in [0, 0.1) is 5.92 Å². The van der Waals surface area contributed by atoms with Gasteiger partial charge in [0.25, 0.3) is 0 Å². The maximum atomic E-state index is 12.1. The molecule has 1 atom stereocenters. The number of hydrogen-bond acceptors (Lipinski definition) is 4. The number of amides is 1. The molecule has 0 radical (unpaired) electrons. The molecule has 0 bridgehead atoms. The predicted octanol–water partition coefficient (Wildman–Crippen LogP) is 1.55. The molecule has 2 rings (SSSR count). The molecule has 128 valence electrons. The maximum absolute atomic E-state index is 12.1. The van der Waals surface area contributed by atoms with Crippen molar-refractivity contribution in [1.82, 2.24) is 10.2 Å². The highest BCUT2D eigenvalue weighted by Crippen LogP contribution is 2.25. The van der Waals surface area contributed by atoms with E-state index in [1.807, 2.05) is 0 Å². The fraction of sp³-hybridized carbons (Fsp3) is 0.941. The van der Waals surface area contributed by atoms with E-state index < -0.39 is 5.60 Å². The van der Waals surface area contributed by atoms with Crippen molar-refractivity contribution < 1.29 is 14.6 Å². The number of hydrogen-bond donors (Lipinski definition) is 2. The van der Waals surface area contributed by atoms with Gasteiger partial charge in [0.05, 0.1) is 18.8 Å². The lowest BCUT2D eigenvalue weighted by atomic mass is 9.96. The number of carbonyl (C=O) groups is 1. The van der Waals surface area contributed by atoms with Crippen molar-refractivity contribution in [1.29, 1.82) is 0 Å². The lowest BCUT2D eigenvalue weighted by molar-refractivity contribution is -0.123. The zero-order valence-electron chi connectivity index (χ0n) is 14.0. The second-order valence-corrected chi connectivity index (χ2v) is 7.22. The number of nitrogens with zero attached hydrogens (tertiary/aromatic N) is 1. The Labute approximate surface area is 134 Å². The normalized spacial score (nSPS) is 24.5. The van der Waals surface area contributed by atoms with E-state index in [4.69, 9.17) is 4.74 Å². The summed E-state index contributed by atoms with van der Waals surface area (Å²) < 4.78 is 5.31. The van der Waals surface area contributed by atoms with Gasteiger partial charge in [-0.1, -0.05) is 25.7 Å². The fourth-order valence-corrected chi connectivity index (χ4v) is 3.49. The second-order valence-electron chi connectivity index (χ2n) is 7.22. The summed E-state index contributed by atoms with van der Waals surface area (Å²) in [6.45, 7) is 5.87. The Morgan fingerprint density at radius 3 is 2.50 bits per heavy atom. The topological polar surface area (TPSA) is 61.8 Å². The van der Waals surface area contributed by atoms with Gasteiger partial charge < -0.3 is 15.2 Å². The maximum Gasteiger partial charge on any atom is 0.220 e. The van der Waals surface area contributed by atoms with E-state index in [9.17, 15) is 9.90 Å². The highest BCUT2D eigenvalue weighted by molar-refractivity contribution is 5.76. The summed E-state index contributed by atoms with van der Waals surface area (Å²) in [7, 11) is 0. The Morgan fingerprint density at radius 2 is 1.86 bits per heavy atom. The van der Waals surface area contributed by atoms with Crippen LogP contribution in [0.2, 0.25) is 0 Å². The van der Waals surface area contributed by atoms with Crippen LogP contribution in [0.3, 0.4) is 0 Å². The highest BCUT2D eigenvalue weighted by atomic mass is 16.5. The van der Waals surface area contributed by atoms with Crippen LogP contribution in [0.25, 0.3) is 0 Å². The third-order valence-electron chi connectivity index (χ3n) is 4.78. The van der Waals surface area contributed by atoms with Gasteiger partial charge in [-0.15, -0.1) is 0 Å². The molecule has 2 N–H and O–H groups in total. The van der Waals surface area contributed by atoms with Crippen LogP contribution in [-0.4, -0.2) is 60.9 Å². The number of morpholine rings is 1. The molecule has 0 aromatic carbocycles. The molecular weight excluding hydrogens is 280 g/mol. The minimum Gasteiger partial charge on any atom is -0.387 e. The van der Waals surface area contributed by atoms with Crippen LogP contribution in [0.15, 0.2) is 0 Å². The van der Waals surface area contributed by atoms with Gasteiger partial charge >= 0.3 is 0 Å². The summed E-state index contributed by atoms with van der Waals surface area (Å²) in [5, 5.41) is 13.4. The highest BCUT2D eigenvalue weighted by Gasteiger charge is 2.26. The summed E-state index contributed by atoms with van der Waals surface area (Å²) in [5.41, 5.74) is -0.879. The van der Waals surface area contributed by atoms with Crippen LogP contribution in [0.5, 0.6) is 0 Å². The van der Waals surface area contributed by atoms with Crippen molar-refractivity contribution in [3.8, 4) is 0 Å².